The molecule has 0 saturated carbocycles. The maximum Gasteiger partial charge on any atom is 0.157 e. The lowest BCUT2D eigenvalue weighted by Crippen LogP contribution is -2.28. The summed E-state index contributed by atoms with van der Waals surface area (Å²) < 4.78 is 0. The second kappa shape index (κ2) is 5.55. The third-order valence-electron chi connectivity index (χ3n) is 1.96. The number of aliphatic hydroxyl groups excluding tert-OH is 2. The van der Waals surface area contributed by atoms with Crippen molar-refractivity contribution in [3.8, 4) is 11.5 Å². The van der Waals surface area contributed by atoms with Crippen LogP contribution in [0.5, 0.6) is 11.5 Å². The summed E-state index contributed by atoms with van der Waals surface area (Å²) in [6.07, 6.45) is -0.782. The number of nitrogens with one attached hydrogen (secondary N) is 1. The van der Waals surface area contributed by atoms with Crippen LogP contribution in [0, 0.1) is 0 Å². The zero-order valence-corrected chi connectivity index (χ0v) is 8.22. The van der Waals surface area contributed by atoms with Crippen molar-refractivity contribution < 1.29 is 20.4 Å². The van der Waals surface area contributed by atoms with Gasteiger partial charge in [-0.05, 0) is 17.7 Å². The van der Waals surface area contributed by atoms with E-state index in [0.717, 1.165) is 5.56 Å². The fourth-order valence-electron chi connectivity index (χ4n) is 1.13. The summed E-state index contributed by atoms with van der Waals surface area (Å²) in [6.45, 7) is 0.441. The number of aliphatic hydroxyl groups is 2. The van der Waals surface area contributed by atoms with E-state index in [1.54, 1.807) is 6.07 Å². The maximum absolute atomic E-state index is 9.19. The Bertz CT molecular complexity index is 316. The normalized spacial score (nSPS) is 12.7. The summed E-state index contributed by atoms with van der Waals surface area (Å²) in [5, 5.41) is 38.7. The van der Waals surface area contributed by atoms with Crippen LogP contribution >= 0.6 is 0 Å². The van der Waals surface area contributed by atoms with E-state index in [4.69, 9.17) is 15.3 Å². The Morgan fingerprint density at radius 1 is 1.20 bits per heavy atom. The van der Waals surface area contributed by atoms with Crippen LogP contribution in [0.1, 0.15) is 5.56 Å². The van der Waals surface area contributed by atoms with Crippen molar-refractivity contribution in [2.24, 2.45) is 0 Å². The van der Waals surface area contributed by atoms with Crippen LogP contribution < -0.4 is 5.32 Å². The molecule has 0 bridgehead atoms. The standard InChI is InChI=1S/C10H15NO4/c12-6-8(13)5-11-4-7-1-2-9(14)10(15)3-7/h1-3,8,11-15H,4-6H2. The molecule has 0 radical (unpaired) electrons. The number of hydrogen-bond donors (Lipinski definition) is 5. The fourth-order valence-corrected chi connectivity index (χ4v) is 1.13. The van der Waals surface area contributed by atoms with Gasteiger partial charge in [-0.3, -0.25) is 0 Å². The smallest absolute Gasteiger partial charge is 0.157 e. The first-order valence-corrected chi connectivity index (χ1v) is 4.64. The van der Waals surface area contributed by atoms with E-state index < -0.39 is 6.10 Å². The van der Waals surface area contributed by atoms with Crippen molar-refractivity contribution in [1.29, 1.82) is 0 Å². The molecule has 0 saturated heterocycles. The predicted molar refractivity (Wildman–Crippen MR) is 54.6 cm³/mol. The van der Waals surface area contributed by atoms with E-state index in [-0.39, 0.29) is 24.7 Å². The third kappa shape index (κ3) is 3.75. The molecule has 0 aliphatic heterocycles. The molecule has 0 fully saturated rings. The first-order valence-electron chi connectivity index (χ1n) is 4.64. The predicted octanol–water partition coefficient (Wildman–Crippen LogP) is -0.459. The van der Waals surface area contributed by atoms with Gasteiger partial charge in [0.1, 0.15) is 0 Å². The van der Waals surface area contributed by atoms with Gasteiger partial charge in [-0.15, -0.1) is 0 Å². The lowest BCUT2D eigenvalue weighted by Gasteiger charge is -2.09. The number of phenols is 2. The average molecular weight is 213 g/mol. The van der Waals surface area contributed by atoms with Gasteiger partial charge in [-0.25, -0.2) is 0 Å². The molecule has 0 spiro atoms. The molecule has 1 aromatic rings. The first-order chi connectivity index (χ1) is 7.13. The zero-order valence-electron chi connectivity index (χ0n) is 8.22. The SMILES string of the molecule is OCC(O)CNCc1ccc(O)c(O)c1. The molecule has 0 aromatic heterocycles. The molecule has 0 heterocycles. The number of aromatic hydroxyl groups is 2. The van der Waals surface area contributed by atoms with Gasteiger partial charge in [-0.2, -0.15) is 0 Å². The van der Waals surface area contributed by atoms with Crippen molar-refractivity contribution >= 4 is 0 Å². The number of benzene rings is 1. The van der Waals surface area contributed by atoms with Gasteiger partial charge in [0.05, 0.1) is 12.7 Å². The fraction of sp³-hybridized carbons (Fsp3) is 0.400. The minimum absolute atomic E-state index is 0.158. The molecule has 1 rings (SSSR count). The highest BCUT2D eigenvalue weighted by molar-refractivity contribution is 5.40. The van der Waals surface area contributed by atoms with Gasteiger partial charge < -0.3 is 25.7 Å². The molecule has 84 valence electrons. The van der Waals surface area contributed by atoms with Crippen LogP contribution in [0.4, 0.5) is 0 Å². The van der Waals surface area contributed by atoms with Crippen LogP contribution in [-0.2, 0) is 6.54 Å². The largest absolute Gasteiger partial charge is 0.504 e. The van der Waals surface area contributed by atoms with Crippen LogP contribution in [0.15, 0.2) is 18.2 Å². The molecular weight excluding hydrogens is 198 g/mol. The van der Waals surface area contributed by atoms with Crippen LogP contribution in [0.2, 0.25) is 0 Å². The molecule has 5 N–H and O–H groups in total. The van der Waals surface area contributed by atoms with Crippen molar-refractivity contribution in [2.75, 3.05) is 13.2 Å². The van der Waals surface area contributed by atoms with Gasteiger partial charge >= 0.3 is 0 Å². The lowest BCUT2D eigenvalue weighted by molar-refractivity contribution is 0.0942. The number of hydrogen-bond acceptors (Lipinski definition) is 5. The zero-order chi connectivity index (χ0) is 11.3. The van der Waals surface area contributed by atoms with E-state index in [1.165, 1.54) is 12.1 Å². The molecule has 1 unspecified atom stereocenters. The molecule has 0 aliphatic rings. The maximum atomic E-state index is 9.19. The average Bonchev–Trinajstić information content (AvgIpc) is 2.23. The minimum Gasteiger partial charge on any atom is -0.504 e. The van der Waals surface area contributed by atoms with E-state index in [0.29, 0.717) is 6.54 Å². The van der Waals surface area contributed by atoms with E-state index in [9.17, 15) is 5.11 Å². The Kier molecular flexibility index (Phi) is 4.36. The Morgan fingerprint density at radius 3 is 2.53 bits per heavy atom. The topological polar surface area (TPSA) is 93.0 Å². The molecule has 0 amide bonds. The molecule has 5 nitrogen and oxygen atoms in total. The third-order valence-corrected chi connectivity index (χ3v) is 1.96. The lowest BCUT2D eigenvalue weighted by atomic mass is 10.2. The highest BCUT2D eigenvalue weighted by Crippen LogP contribution is 2.24. The summed E-state index contributed by atoms with van der Waals surface area (Å²) in [5.41, 5.74) is 0.787. The van der Waals surface area contributed by atoms with Gasteiger partial charge in [0.25, 0.3) is 0 Å². The van der Waals surface area contributed by atoms with Gasteiger partial charge in [0, 0.05) is 13.1 Å². The summed E-state index contributed by atoms with van der Waals surface area (Å²) in [5.74, 6) is -0.328. The monoisotopic (exact) mass is 213 g/mol. The van der Waals surface area contributed by atoms with Gasteiger partial charge in [0.15, 0.2) is 11.5 Å². The molecule has 5 heteroatoms. The summed E-state index contributed by atoms with van der Waals surface area (Å²) in [4.78, 5) is 0. The highest BCUT2D eigenvalue weighted by atomic mass is 16.3. The van der Waals surface area contributed by atoms with Crippen molar-refractivity contribution in [2.45, 2.75) is 12.6 Å². The second-order valence-corrected chi connectivity index (χ2v) is 3.29. The van der Waals surface area contributed by atoms with Crippen LogP contribution in [0.25, 0.3) is 0 Å². The molecule has 15 heavy (non-hydrogen) atoms. The second-order valence-electron chi connectivity index (χ2n) is 3.29. The van der Waals surface area contributed by atoms with E-state index >= 15 is 0 Å². The van der Waals surface area contributed by atoms with Crippen LogP contribution in [-0.4, -0.2) is 39.7 Å². The molecule has 1 atom stereocenters. The number of rotatable bonds is 5. The van der Waals surface area contributed by atoms with Crippen LogP contribution in [0.3, 0.4) is 0 Å². The molecule has 1 aromatic carbocycles. The van der Waals surface area contributed by atoms with Crippen molar-refractivity contribution in [1.82, 2.24) is 5.32 Å². The minimum atomic E-state index is -0.782. The Morgan fingerprint density at radius 2 is 1.93 bits per heavy atom. The summed E-state index contributed by atoms with van der Waals surface area (Å²) in [7, 11) is 0. The van der Waals surface area contributed by atoms with Crippen molar-refractivity contribution in [3.05, 3.63) is 23.8 Å². The molecular formula is C10H15NO4. The Labute approximate surface area is 87.6 Å². The number of phenolic OH excluding ortho intramolecular Hbond substituents is 2. The van der Waals surface area contributed by atoms with E-state index in [2.05, 4.69) is 5.32 Å². The Balaban J connectivity index is 2.41. The van der Waals surface area contributed by atoms with Gasteiger partial charge in [0.2, 0.25) is 0 Å². The molecule has 0 aliphatic carbocycles. The highest BCUT2D eigenvalue weighted by Gasteiger charge is 2.02. The Hall–Kier alpha value is -1.30. The summed E-state index contributed by atoms with van der Waals surface area (Å²) in [6, 6.07) is 4.50. The summed E-state index contributed by atoms with van der Waals surface area (Å²) >= 11 is 0. The first kappa shape index (κ1) is 11.8. The quantitative estimate of drug-likeness (QED) is 0.427. The van der Waals surface area contributed by atoms with Gasteiger partial charge in [-0.1, -0.05) is 6.07 Å². The van der Waals surface area contributed by atoms with E-state index in [1.807, 2.05) is 0 Å². The van der Waals surface area contributed by atoms with Crippen molar-refractivity contribution in [3.63, 3.8) is 0 Å².